The molecule has 2 aromatic rings. The SMILES string of the molecule is NCC(=O)Oc1ccc2c(=O)n(C3CCC(=O)NC3=O)nnc2c1. The van der Waals surface area contributed by atoms with Gasteiger partial charge in [0.15, 0.2) is 0 Å². The molecule has 0 spiro atoms. The smallest absolute Gasteiger partial charge is 0.325 e. The van der Waals surface area contributed by atoms with Gasteiger partial charge in [0, 0.05) is 12.5 Å². The van der Waals surface area contributed by atoms with Crippen LogP contribution in [0.15, 0.2) is 23.0 Å². The molecule has 0 saturated carbocycles. The highest BCUT2D eigenvalue weighted by Crippen LogP contribution is 2.19. The topological polar surface area (TPSA) is 146 Å². The number of carbonyl (C=O) groups is 3. The summed E-state index contributed by atoms with van der Waals surface area (Å²) in [5, 5.41) is 10.0. The number of nitrogens with two attached hydrogens (primary N) is 1. The van der Waals surface area contributed by atoms with Crippen molar-refractivity contribution in [1.82, 2.24) is 20.3 Å². The minimum Gasteiger partial charge on any atom is -0.426 e. The lowest BCUT2D eigenvalue weighted by atomic mass is 10.1. The molecule has 1 atom stereocenters. The van der Waals surface area contributed by atoms with Crippen molar-refractivity contribution in [1.29, 1.82) is 0 Å². The summed E-state index contributed by atoms with van der Waals surface area (Å²) in [6, 6.07) is 3.34. The Morgan fingerprint density at radius 3 is 2.88 bits per heavy atom. The highest BCUT2D eigenvalue weighted by molar-refractivity contribution is 5.99. The van der Waals surface area contributed by atoms with Crippen molar-refractivity contribution < 1.29 is 19.1 Å². The van der Waals surface area contributed by atoms with Crippen molar-refractivity contribution in [3.63, 3.8) is 0 Å². The summed E-state index contributed by atoms with van der Waals surface area (Å²) in [6.07, 6.45) is 0.299. The Labute approximate surface area is 134 Å². The first-order valence-corrected chi connectivity index (χ1v) is 7.13. The number of piperidine rings is 1. The maximum absolute atomic E-state index is 12.5. The van der Waals surface area contributed by atoms with Crippen molar-refractivity contribution in [3.05, 3.63) is 28.6 Å². The molecule has 3 N–H and O–H groups in total. The molecule has 0 bridgehead atoms. The number of nitrogens with one attached hydrogen (secondary N) is 1. The van der Waals surface area contributed by atoms with Gasteiger partial charge in [0.25, 0.3) is 11.5 Å². The number of benzene rings is 1. The van der Waals surface area contributed by atoms with Crippen LogP contribution >= 0.6 is 0 Å². The first kappa shape index (κ1) is 15.7. The molecule has 2 heterocycles. The third kappa shape index (κ3) is 2.86. The molecular weight excluding hydrogens is 318 g/mol. The van der Waals surface area contributed by atoms with E-state index in [0.29, 0.717) is 0 Å². The number of fused-ring (bicyclic) bond motifs is 1. The first-order valence-electron chi connectivity index (χ1n) is 7.13. The highest BCUT2D eigenvalue weighted by Gasteiger charge is 2.30. The van der Waals surface area contributed by atoms with Crippen molar-refractivity contribution in [2.75, 3.05) is 6.54 Å². The van der Waals surface area contributed by atoms with Crippen LogP contribution in [0.4, 0.5) is 0 Å². The van der Waals surface area contributed by atoms with Crippen molar-refractivity contribution in [2.45, 2.75) is 18.9 Å². The summed E-state index contributed by atoms with van der Waals surface area (Å²) in [5.41, 5.74) is 4.86. The molecule has 124 valence electrons. The van der Waals surface area contributed by atoms with Gasteiger partial charge in [-0.1, -0.05) is 5.21 Å². The molecule has 1 aliphatic rings. The molecule has 1 aromatic heterocycles. The van der Waals surface area contributed by atoms with Gasteiger partial charge in [-0.3, -0.25) is 24.5 Å². The van der Waals surface area contributed by atoms with Gasteiger partial charge < -0.3 is 10.5 Å². The van der Waals surface area contributed by atoms with Gasteiger partial charge >= 0.3 is 5.97 Å². The zero-order valence-electron chi connectivity index (χ0n) is 12.4. The standard InChI is InChI=1S/C14H13N5O5/c15-6-12(21)24-7-1-2-8-9(5-7)17-18-19(14(8)23)10-3-4-11(20)16-13(10)22/h1-2,5,10H,3-4,6,15H2,(H,16,20,22). The zero-order valence-corrected chi connectivity index (χ0v) is 12.4. The van der Waals surface area contributed by atoms with Crippen LogP contribution < -0.4 is 21.3 Å². The Balaban J connectivity index is 1.98. The fourth-order valence-corrected chi connectivity index (χ4v) is 2.39. The Kier molecular flexibility index (Phi) is 4.04. The summed E-state index contributed by atoms with van der Waals surface area (Å²) < 4.78 is 5.90. The van der Waals surface area contributed by atoms with Gasteiger partial charge in [0.05, 0.1) is 11.9 Å². The maximum atomic E-state index is 12.5. The Morgan fingerprint density at radius 2 is 2.17 bits per heavy atom. The molecule has 1 unspecified atom stereocenters. The predicted molar refractivity (Wildman–Crippen MR) is 79.9 cm³/mol. The number of hydrogen-bond donors (Lipinski definition) is 2. The van der Waals surface area contributed by atoms with Gasteiger partial charge in [-0.25, -0.2) is 0 Å². The van der Waals surface area contributed by atoms with Crippen LogP contribution in [-0.4, -0.2) is 39.3 Å². The Bertz CT molecular complexity index is 906. The lowest BCUT2D eigenvalue weighted by molar-refractivity contribution is -0.136. The molecule has 0 radical (unpaired) electrons. The van der Waals surface area contributed by atoms with Crippen molar-refractivity contribution in [2.24, 2.45) is 5.73 Å². The number of rotatable bonds is 3. The van der Waals surface area contributed by atoms with Crippen molar-refractivity contribution >= 4 is 28.7 Å². The third-order valence-corrected chi connectivity index (χ3v) is 3.56. The molecule has 1 fully saturated rings. The number of ether oxygens (including phenoxy) is 1. The molecule has 0 aliphatic carbocycles. The number of aromatic nitrogens is 3. The molecule has 10 heteroatoms. The average Bonchev–Trinajstić information content (AvgIpc) is 2.56. The maximum Gasteiger partial charge on any atom is 0.325 e. The summed E-state index contributed by atoms with van der Waals surface area (Å²) in [5.74, 6) is -1.41. The number of nitrogens with zero attached hydrogens (tertiary/aromatic N) is 3. The second-order valence-electron chi connectivity index (χ2n) is 5.16. The number of carbonyl (C=O) groups excluding carboxylic acids is 3. The van der Waals surface area contributed by atoms with E-state index >= 15 is 0 Å². The summed E-state index contributed by atoms with van der Waals surface area (Å²) >= 11 is 0. The average molecular weight is 331 g/mol. The van der Waals surface area contributed by atoms with Crippen LogP contribution in [0.2, 0.25) is 0 Å². The molecule has 1 saturated heterocycles. The van der Waals surface area contributed by atoms with E-state index in [4.69, 9.17) is 10.5 Å². The number of hydrogen-bond acceptors (Lipinski definition) is 8. The normalized spacial score (nSPS) is 17.6. The lowest BCUT2D eigenvalue weighted by Gasteiger charge is -2.21. The van der Waals surface area contributed by atoms with E-state index in [2.05, 4.69) is 15.6 Å². The zero-order chi connectivity index (χ0) is 17.3. The largest absolute Gasteiger partial charge is 0.426 e. The fourth-order valence-electron chi connectivity index (χ4n) is 2.39. The number of amides is 2. The van der Waals surface area contributed by atoms with E-state index in [-0.39, 0.29) is 41.9 Å². The van der Waals surface area contributed by atoms with Crippen LogP contribution in [0.3, 0.4) is 0 Å². The Morgan fingerprint density at radius 1 is 1.38 bits per heavy atom. The molecular formula is C14H13N5O5. The van der Waals surface area contributed by atoms with Gasteiger partial charge in [-0.15, -0.1) is 5.10 Å². The van der Waals surface area contributed by atoms with Gasteiger partial charge in [0.2, 0.25) is 5.91 Å². The second kappa shape index (κ2) is 6.16. The summed E-state index contributed by atoms with van der Waals surface area (Å²) in [6.45, 7) is -0.277. The Hall–Kier alpha value is -3.14. The fraction of sp³-hybridized carbons (Fsp3) is 0.286. The number of esters is 1. The highest BCUT2D eigenvalue weighted by atomic mass is 16.5. The van der Waals surface area contributed by atoms with Crippen LogP contribution in [0.1, 0.15) is 18.9 Å². The first-order chi connectivity index (χ1) is 11.5. The van der Waals surface area contributed by atoms with Crippen LogP contribution in [0.5, 0.6) is 5.75 Å². The monoisotopic (exact) mass is 331 g/mol. The molecule has 10 nitrogen and oxygen atoms in total. The minimum absolute atomic E-state index is 0.122. The predicted octanol–water partition coefficient (Wildman–Crippen LogP) is -1.37. The molecule has 1 aromatic carbocycles. The molecule has 24 heavy (non-hydrogen) atoms. The molecule has 1 aliphatic heterocycles. The van der Waals surface area contributed by atoms with E-state index in [0.717, 1.165) is 4.68 Å². The van der Waals surface area contributed by atoms with Crippen LogP contribution in [0.25, 0.3) is 10.9 Å². The van der Waals surface area contributed by atoms with Gasteiger partial charge in [-0.2, -0.15) is 4.68 Å². The molecule has 3 rings (SSSR count). The number of imide groups is 1. The van der Waals surface area contributed by atoms with E-state index in [1.807, 2.05) is 0 Å². The molecule has 2 amide bonds. The van der Waals surface area contributed by atoms with E-state index in [9.17, 15) is 19.2 Å². The quantitative estimate of drug-likeness (QED) is 0.398. The second-order valence-corrected chi connectivity index (χ2v) is 5.16. The summed E-state index contributed by atoms with van der Waals surface area (Å²) in [7, 11) is 0. The van der Waals surface area contributed by atoms with E-state index in [1.54, 1.807) is 0 Å². The van der Waals surface area contributed by atoms with Gasteiger partial charge in [0.1, 0.15) is 17.3 Å². The van der Waals surface area contributed by atoms with E-state index < -0.39 is 23.5 Å². The third-order valence-electron chi connectivity index (χ3n) is 3.56. The van der Waals surface area contributed by atoms with Crippen LogP contribution in [-0.2, 0) is 14.4 Å². The van der Waals surface area contributed by atoms with Crippen molar-refractivity contribution in [3.8, 4) is 5.75 Å². The minimum atomic E-state index is -0.887. The lowest BCUT2D eigenvalue weighted by Crippen LogP contribution is -2.45. The summed E-state index contributed by atoms with van der Waals surface area (Å²) in [4.78, 5) is 46.8. The van der Waals surface area contributed by atoms with Gasteiger partial charge in [-0.05, 0) is 18.6 Å². The van der Waals surface area contributed by atoms with E-state index in [1.165, 1.54) is 18.2 Å². The van der Waals surface area contributed by atoms with Crippen LogP contribution in [0, 0.1) is 0 Å².